The minimum atomic E-state index is -0.336. The van der Waals surface area contributed by atoms with Gasteiger partial charge >= 0.3 is 0 Å². The molecule has 2 N–H and O–H groups in total. The molecule has 1 unspecified atom stereocenters. The van der Waals surface area contributed by atoms with E-state index >= 15 is 0 Å². The van der Waals surface area contributed by atoms with Crippen molar-refractivity contribution >= 4 is 0 Å². The fourth-order valence-corrected chi connectivity index (χ4v) is 2.64. The third-order valence-electron chi connectivity index (χ3n) is 4.38. The van der Waals surface area contributed by atoms with Gasteiger partial charge in [-0.2, -0.15) is 0 Å². The topological polar surface area (TPSA) is 26.0 Å². The minimum absolute atomic E-state index is 0.336. The van der Waals surface area contributed by atoms with Gasteiger partial charge in [0.2, 0.25) is 0 Å². The van der Waals surface area contributed by atoms with Crippen LogP contribution in [0.2, 0.25) is 0 Å². The Bertz CT molecular complexity index is 606. The number of hydrogen-bond acceptors (Lipinski definition) is 1. The van der Waals surface area contributed by atoms with Crippen molar-refractivity contribution in [2.45, 2.75) is 52.5 Å². The number of nitrogens with two attached hydrogens (primary N) is 1. The molecule has 0 saturated carbocycles. The SMILES string of the molecule is Cc1ccc(C(C)(N)Cc2ccc(C(C)C)cc2)cc1C. The van der Waals surface area contributed by atoms with Crippen molar-refractivity contribution in [1.29, 1.82) is 0 Å². The van der Waals surface area contributed by atoms with Crippen LogP contribution in [0, 0.1) is 13.8 Å². The van der Waals surface area contributed by atoms with Crippen LogP contribution in [0.25, 0.3) is 0 Å². The lowest BCUT2D eigenvalue weighted by molar-refractivity contribution is 0.491. The molecule has 0 fully saturated rings. The van der Waals surface area contributed by atoms with Crippen LogP contribution in [0.15, 0.2) is 42.5 Å². The monoisotopic (exact) mass is 281 g/mol. The molecule has 21 heavy (non-hydrogen) atoms. The van der Waals surface area contributed by atoms with Gasteiger partial charge in [0, 0.05) is 5.54 Å². The van der Waals surface area contributed by atoms with E-state index in [1.54, 1.807) is 0 Å². The summed E-state index contributed by atoms with van der Waals surface area (Å²) in [4.78, 5) is 0. The molecule has 112 valence electrons. The lowest BCUT2D eigenvalue weighted by atomic mass is 9.85. The Morgan fingerprint density at radius 1 is 0.952 bits per heavy atom. The average Bonchev–Trinajstić information content (AvgIpc) is 2.42. The van der Waals surface area contributed by atoms with Crippen LogP contribution in [0.4, 0.5) is 0 Å². The van der Waals surface area contributed by atoms with Crippen LogP contribution in [-0.4, -0.2) is 0 Å². The molecule has 1 heteroatoms. The lowest BCUT2D eigenvalue weighted by Crippen LogP contribution is -2.35. The lowest BCUT2D eigenvalue weighted by Gasteiger charge is -2.26. The van der Waals surface area contributed by atoms with E-state index in [2.05, 4.69) is 77.1 Å². The van der Waals surface area contributed by atoms with Crippen LogP contribution < -0.4 is 5.73 Å². The number of rotatable bonds is 4. The van der Waals surface area contributed by atoms with Gasteiger partial charge < -0.3 is 5.73 Å². The molecule has 0 bridgehead atoms. The van der Waals surface area contributed by atoms with Gasteiger partial charge in [-0.25, -0.2) is 0 Å². The third kappa shape index (κ3) is 3.74. The highest BCUT2D eigenvalue weighted by Gasteiger charge is 2.22. The zero-order chi connectivity index (χ0) is 15.6. The molecule has 2 aromatic carbocycles. The average molecular weight is 281 g/mol. The second-order valence-electron chi connectivity index (χ2n) is 6.79. The Hall–Kier alpha value is -1.60. The predicted molar refractivity (Wildman–Crippen MR) is 91.7 cm³/mol. The van der Waals surface area contributed by atoms with E-state index in [4.69, 9.17) is 5.73 Å². The van der Waals surface area contributed by atoms with E-state index < -0.39 is 0 Å². The Balaban J connectivity index is 2.21. The van der Waals surface area contributed by atoms with Gasteiger partial charge in [-0.1, -0.05) is 56.3 Å². The van der Waals surface area contributed by atoms with Crippen LogP contribution in [0.3, 0.4) is 0 Å². The van der Waals surface area contributed by atoms with Crippen molar-refractivity contribution in [3.05, 3.63) is 70.3 Å². The molecule has 1 nitrogen and oxygen atoms in total. The smallest absolute Gasteiger partial charge is 0.0421 e. The summed E-state index contributed by atoms with van der Waals surface area (Å²) in [5.74, 6) is 0.572. The third-order valence-corrected chi connectivity index (χ3v) is 4.38. The first kappa shape index (κ1) is 15.8. The molecular weight excluding hydrogens is 254 g/mol. The highest BCUT2D eigenvalue weighted by molar-refractivity contribution is 5.35. The van der Waals surface area contributed by atoms with Crippen molar-refractivity contribution in [1.82, 2.24) is 0 Å². The Labute approximate surface area is 129 Å². The number of hydrogen-bond donors (Lipinski definition) is 1. The van der Waals surface area contributed by atoms with E-state index in [1.807, 2.05) is 0 Å². The van der Waals surface area contributed by atoms with Crippen LogP contribution in [-0.2, 0) is 12.0 Å². The zero-order valence-corrected chi connectivity index (χ0v) is 13.9. The summed E-state index contributed by atoms with van der Waals surface area (Å²) >= 11 is 0. The maximum atomic E-state index is 6.59. The van der Waals surface area contributed by atoms with Gasteiger partial charge in [0.15, 0.2) is 0 Å². The van der Waals surface area contributed by atoms with Crippen molar-refractivity contribution in [3.63, 3.8) is 0 Å². The Morgan fingerprint density at radius 2 is 1.57 bits per heavy atom. The molecule has 0 aliphatic carbocycles. The van der Waals surface area contributed by atoms with Crippen molar-refractivity contribution < 1.29 is 0 Å². The standard InChI is InChI=1S/C20H27N/c1-14(2)18-9-7-17(8-10-18)13-20(5,21)19-11-6-15(3)16(4)12-19/h6-12,14H,13,21H2,1-5H3. The molecule has 1 atom stereocenters. The summed E-state index contributed by atoms with van der Waals surface area (Å²) in [5, 5.41) is 0. The largest absolute Gasteiger partial charge is 0.321 e. The summed E-state index contributed by atoms with van der Waals surface area (Å²) in [5.41, 5.74) is 12.8. The quantitative estimate of drug-likeness (QED) is 0.852. The first-order chi connectivity index (χ1) is 9.79. The van der Waals surface area contributed by atoms with Gasteiger partial charge in [-0.05, 0) is 60.9 Å². The predicted octanol–water partition coefficient (Wildman–Crippen LogP) is 4.84. The first-order valence-electron chi connectivity index (χ1n) is 7.75. The maximum absolute atomic E-state index is 6.59. The first-order valence-corrected chi connectivity index (χ1v) is 7.75. The fourth-order valence-electron chi connectivity index (χ4n) is 2.64. The molecular formula is C20H27N. The summed E-state index contributed by atoms with van der Waals surface area (Å²) in [6, 6.07) is 15.4. The molecule has 0 spiro atoms. The van der Waals surface area contributed by atoms with E-state index in [9.17, 15) is 0 Å². The highest BCUT2D eigenvalue weighted by Crippen LogP contribution is 2.25. The van der Waals surface area contributed by atoms with Crippen LogP contribution in [0.5, 0.6) is 0 Å². The Kier molecular flexibility index (Phi) is 4.53. The second kappa shape index (κ2) is 6.03. The van der Waals surface area contributed by atoms with E-state index in [-0.39, 0.29) is 5.54 Å². The summed E-state index contributed by atoms with van der Waals surface area (Å²) in [6.45, 7) is 10.8. The summed E-state index contributed by atoms with van der Waals surface area (Å²) < 4.78 is 0. The summed E-state index contributed by atoms with van der Waals surface area (Å²) in [7, 11) is 0. The molecule has 0 amide bonds. The van der Waals surface area contributed by atoms with Gasteiger partial charge in [-0.3, -0.25) is 0 Å². The van der Waals surface area contributed by atoms with Crippen molar-refractivity contribution in [3.8, 4) is 0 Å². The zero-order valence-electron chi connectivity index (χ0n) is 13.9. The van der Waals surface area contributed by atoms with E-state index in [0.29, 0.717) is 5.92 Å². The van der Waals surface area contributed by atoms with Gasteiger partial charge in [0.1, 0.15) is 0 Å². The van der Waals surface area contributed by atoms with Gasteiger partial charge in [-0.15, -0.1) is 0 Å². The maximum Gasteiger partial charge on any atom is 0.0421 e. The molecule has 0 saturated heterocycles. The molecule has 2 aromatic rings. The normalized spacial score (nSPS) is 14.2. The summed E-state index contributed by atoms with van der Waals surface area (Å²) in [6.07, 6.45) is 0.855. The molecule has 0 aliphatic heterocycles. The van der Waals surface area contributed by atoms with E-state index in [1.165, 1.54) is 27.8 Å². The fraction of sp³-hybridized carbons (Fsp3) is 0.400. The van der Waals surface area contributed by atoms with Gasteiger partial charge in [0.05, 0.1) is 0 Å². The van der Waals surface area contributed by atoms with Crippen LogP contribution >= 0.6 is 0 Å². The van der Waals surface area contributed by atoms with Crippen molar-refractivity contribution in [2.75, 3.05) is 0 Å². The molecule has 0 radical (unpaired) electrons. The highest BCUT2D eigenvalue weighted by atomic mass is 14.7. The van der Waals surface area contributed by atoms with E-state index in [0.717, 1.165) is 6.42 Å². The van der Waals surface area contributed by atoms with Gasteiger partial charge in [0.25, 0.3) is 0 Å². The van der Waals surface area contributed by atoms with Crippen molar-refractivity contribution in [2.24, 2.45) is 5.73 Å². The molecule has 0 aliphatic rings. The second-order valence-corrected chi connectivity index (χ2v) is 6.79. The number of aryl methyl sites for hydroxylation is 2. The molecule has 2 rings (SSSR count). The Morgan fingerprint density at radius 3 is 2.10 bits per heavy atom. The molecule has 0 heterocycles. The number of benzene rings is 2. The minimum Gasteiger partial charge on any atom is -0.321 e. The van der Waals surface area contributed by atoms with Crippen LogP contribution in [0.1, 0.15) is 54.5 Å². The molecule has 0 aromatic heterocycles.